The molecular formula is C21H26N4O2S. The standard InChI is InChI=1S/C21H26N4O2S/c26-20-17-7-9-25(21(27)14-3-1-4-14)13-18(17)22-19(23-20)15-6-8-24(11-15)12-16-5-2-10-28-16/h2,5,10,14-15H,1,3-4,6-9,11-13H2,(H,22,23,26)/t15-/m0/s1. The Hall–Kier alpha value is -1.99. The molecule has 1 amide bonds. The molecule has 2 fully saturated rings. The monoisotopic (exact) mass is 398 g/mol. The summed E-state index contributed by atoms with van der Waals surface area (Å²) in [7, 11) is 0. The smallest absolute Gasteiger partial charge is 0.254 e. The average molecular weight is 399 g/mol. The van der Waals surface area contributed by atoms with E-state index in [1.165, 1.54) is 4.88 Å². The van der Waals surface area contributed by atoms with Crippen LogP contribution in [0.2, 0.25) is 0 Å². The van der Waals surface area contributed by atoms with Crippen LogP contribution in [0.5, 0.6) is 0 Å². The molecule has 1 atom stereocenters. The third-order valence-electron chi connectivity index (χ3n) is 6.48. The second-order valence-electron chi connectivity index (χ2n) is 8.31. The van der Waals surface area contributed by atoms with Crippen LogP contribution in [0, 0.1) is 5.92 Å². The normalized spacial score (nSPS) is 22.9. The van der Waals surface area contributed by atoms with Gasteiger partial charge in [-0.1, -0.05) is 12.5 Å². The molecule has 6 nitrogen and oxygen atoms in total. The SMILES string of the molecule is O=C(C1CCC1)N1CCc2c(nc([C@H]3CCN(Cc4cccs4)C3)[nH]c2=O)C1. The number of aromatic nitrogens is 2. The van der Waals surface area contributed by atoms with E-state index in [1.807, 2.05) is 4.90 Å². The van der Waals surface area contributed by atoms with E-state index in [1.54, 1.807) is 11.3 Å². The Labute approximate surface area is 168 Å². The first-order valence-electron chi connectivity index (χ1n) is 10.3. The molecule has 1 aliphatic carbocycles. The molecule has 2 aromatic rings. The molecule has 1 saturated carbocycles. The maximum absolute atomic E-state index is 12.6. The van der Waals surface area contributed by atoms with Crippen LogP contribution in [0.4, 0.5) is 0 Å². The highest BCUT2D eigenvalue weighted by atomic mass is 32.1. The van der Waals surface area contributed by atoms with Gasteiger partial charge in [0.2, 0.25) is 5.91 Å². The molecule has 0 spiro atoms. The lowest BCUT2D eigenvalue weighted by molar-refractivity contribution is -0.139. The van der Waals surface area contributed by atoms with Gasteiger partial charge >= 0.3 is 0 Å². The lowest BCUT2D eigenvalue weighted by Crippen LogP contribution is -2.43. The maximum atomic E-state index is 12.6. The van der Waals surface area contributed by atoms with E-state index in [0.717, 1.165) is 62.4 Å². The van der Waals surface area contributed by atoms with Crippen LogP contribution in [0.25, 0.3) is 0 Å². The third-order valence-corrected chi connectivity index (χ3v) is 7.34. The number of rotatable bonds is 4. The number of nitrogens with one attached hydrogen (secondary N) is 1. The highest BCUT2D eigenvalue weighted by molar-refractivity contribution is 7.09. The largest absolute Gasteiger partial charge is 0.336 e. The number of carbonyl (C=O) groups excluding carboxylic acids is 1. The summed E-state index contributed by atoms with van der Waals surface area (Å²) < 4.78 is 0. The van der Waals surface area contributed by atoms with Gasteiger partial charge in [0.25, 0.3) is 5.56 Å². The van der Waals surface area contributed by atoms with Gasteiger partial charge in [0.15, 0.2) is 0 Å². The van der Waals surface area contributed by atoms with Crippen LogP contribution in [-0.2, 0) is 24.3 Å². The van der Waals surface area contributed by atoms with Crippen LogP contribution in [0.3, 0.4) is 0 Å². The van der Waals surface area contributed by atoms with Gasteiger partial charge in [0, 0.05) is 41.9 Å². The Balaban J connectivity index is 1.31. The number of amides is 1. The molecule has 1 N–H and O–H groups in total. The zero-order valence-electron chi connectivity index (χ0n) is 16.0. The predicted molar refractivity (Wildman–Crippen MR) is 108 cm³/mol. The van der Waals surface area contributed by atoms with Crippen molar-refractivity contribution < 1.29 is 4.79 Å². The van der Waals surface area contributed by atoms with E-state index in [2.05, 4.69) is 27.4 Å². The van der Waals surface area contributed by atoms with Crippen LogP contribution in [0.15, 0.2) is 22.3 Å². The first kappa shape index (κ1) is 18.1. The van der Waals surface area contributed by atoms with Gasteiger partial charge in [0.05, 0.1) is 12.2 Å². The third kappa shape index (κ3) is 3.42. The van der Waals surface area contributed by atoms with Gasteiger partial charge in [-0.05, 0) is 43.7 Å². The van der Waals surface area contributed by atoms with E-state index < -0.39 is 0 Å². The zero-order valence-corrected chi connectivity index (χ0v) is 16.8. The fraction of sp³-hybridized carbons (Fsp3) is 0.571. The van der Waals surface area contributed by atoms with Crippen LogP contribution < -0.4 is 5.56 Å². The fourth-order valence-corrected chi connectivity index (χ4v) is 5.32. The summed E-state index contributed by atoms with van der Waals surface area (Å²) in [4.78, 5) is 38.9. The molecule has 0 radical (unpaired) electrons. The first-order valence-corrected chi connectivity index (χ1v) is 11.2. The predicted octanol–water partition coefficient (Wildman–Crippen LogP) is 2.51. The van der Waals surface area contributed by atoms with Crippen molar-refractivity contribution in [1.29, 1.82) is 0 Å². The lowest BCUT2D eigenvalue weighted by atomic mass is 9.84. The zero-order chi connectivity index (χ0) is 19.1. The van der Waals surface area contributed by atoms with Crippen LogP contribution >= 0.6 is 11.3 Å². The fourth-order valence-electron chi connectivity index (χ4n) is 4.58. The molecule has 3 aliphatic rings. The summed E-state index contributed by atoms with van der Waals surface area (Å²) in [6.07, 6.45) is 4.81. The Kier molecular flexibility index (Phi) is 4.80. The van der Waals surface area contributed by atoms with Gasteiger partial charge < -0.3 is 9.88 Å². The van der Waals surface area contributed by atoms with Crippen molar-refractivity contribution in [3.63, 3.8) is 0 Å². The number of likely N-dealkylation sites (tertiary alicyclic amines) is 1. The Morgan fingerprint density at radius 3 is 2.93 bits per heavy atom. The number of nitrogens with zero attached hydrogens (tertiary/aromatic N) is 3. The van der Waals surface area contributed by atoms with Gasteiger partial charge in [0.1, 0.15) is 5.82 Å². The number of hydrogen-bond donors (Lipinski definition) is 1. The summed E-state index contributed by atoms with van der Waals surface area (Å²) >= 11 is 1.79. The summed E-state index contributed by atoms with van der Waals surface area (Å²) in [5, 5.41) is 2.11. The molecule has 5 rings (SSSR count). The molecule has 2 aromatic heterocycles. The number of hydrogen-bond acceptors (Lipinski definition) is 5. The number of H-pyrrole nitrogens is 1. The molecule has 1 saturated heterocycles. The highest BCUT2D eigenvalue weighted by Gasteiger charge is 2.33. The average Bonchev–Trinajstić information content (AvgIpc) is 3.32. The van der Waals surface area contributed by atoms with E-state index >= 15 is 0 Å². The van der Waals surface area contributed by atoms with E-state index in [-0.39, 0.29) is 23.3 Å². The molecule has 7 heteroatoms. The van der Waals surface area contributed by atoms with E-state index in [0.29, 0.717) is 19.5 Å². The number of carbonyl (C=O) groups is 1. The molecule has 0 unspecified atom stereocenters. The molecule has 4 heterocycles. The van der Waals surface area contributed by atoms with Crippen molar-refractivity contribution >= 4 is 17.2 Å². The molecule has 28 heavy (non-hydrogen) atoms. The molecule has 0 bridgehead atoms. The Morgan fingerprint density at radius 2 is 2.18 bits per heavy atom. The van der Waals surface area contributed by atoms with Crippen LogP contribution in [-0.4, -0.2) is 45.3 Å². The molecule has 148 valence electrons. The molecular weight excluding hydrogens is 372 g/mol. The second kappa shape index (κ2) is 7.44. The summed E-state index contributed by atoms with van der Waals surface area (Å²) in [6, 6.07) is 4.26. The second-order valence-corrected chi connectivity index (χ2v) is 9.35. The maximum Gasteiger partial charge on any atom is 0.254 e. The summed E-state index contributed by atoms with van der Waals surface area (Å²) in [6.45, 7) is 4.05. The minimum absolute atomic E-state index is 0.00699. The number of fused-ring (bicyclic) bond motifs is 1. The van der Waals surface area contributed by atoms with Crippen molar-refractivity contribution in [2.24, 2.45) is 5.92 Å². The van der Waals surface area contributed by atoms with E-state index in [9.17, 15) is 9.59 Å². The van der Waals surface area contributed by atoms with Gasteiger partial charge in [-0.2, -0.15) is 0 Å². The first-order chi connectivity index (χ1) is 13.7. The quantitative estimate of drug-likeness (QED) is 0.859. The Bertz CT molecular complexity index is 919. The lowest BCUT2D eigenvalue weighted by Gasteiger charge is -2.34. The van der Waals surface area contributed by atoms with Gasteiger partial charge in [-0.25, -0.2) is 4.98 Å². The number of thiophene rings is 1. The minimum Gasteiger partial charge on any atom is -0.336 e. The van der Waals surface area contributed by atoms with Crippen molar-refractivity contribution in [2.45, 2.75) is 51.1 Å². The minimum atomic E-state index is -0.00699. The topological polar surface area (TPSA) is 69.3 Å². The van der Waals surface area contributed by atoms with Crippen molar-refractivity contribution in [1.82, 2.24) is 19.8 Å². The van der Waals surface area contributed by atoms with Crippen molar-refractivity contribution in [3.8, 4) is 0 Å². The van der Waals surface area contributed by atoms with E-state index in [4.69, 9.17) is 4.98 Å². The van der Waals surface area contributed by atoms with Gasteiger partial charge in [-0.15, -0.1) is 11.3 Å². The summed E-state index contributed by atoms with van der Waals surface area (Å²) in [5.74, 6) is 1.51. The van der Waals surface area contributed by atoms with Gasteiger partial charge in [-0.3, -0.25) is 14.5 Å². The number of aromatic amines is 1. The van der Waals surface area contributed by atoms with Crippen molar-refractivity contribution in [3.05, 3.63) is 49.8 Å². The molecule has 0 aromatic carbocycles. The van der Waals surface area contributed by atoms with Crippen LogP contribution in [0.1, 0.15) is 53.6 Å². The summed E-state index contributed by atoms with van der Waals surface area (Å²) in [5.41, 5.74) is 1.58. The highest BCUT2D eigenvalue weighted by Crippen LogP contribution is 2.31. The Morgan fingerprint density at radius 1 is 1.29 bits per heavy atom. The van der Waals surface area contributed by atoms with Crippen molar-refractivity contribution in [2.75, 3.05) is 19.6 Å². The molecule has 2 aliphatic heterocycles.